The number of hydrogen-bond donors (Lipinski definition) is 0. The maximum absolute atomic E-state index is 12.9. The quantitative estimate of drug-likeness (QED) is 0.139. The Bertz CT molecular complexity index is 1880. The molecular formula is C43H54Cl2O6. The van der Waals surface area contributed by atoms with Gasteiger partial charge in [0, 0.05) is 11.1 Å². The van der Waals surface area contributed by atoms with E-state index in [0.717, 1.165) is 44.5 Å². The molecular weight excluding hydrogens is 683 g/mol. The van der Waals surface area contributed by atoms with E-state index >= 15 is 0 Å². The zero-order chi connectivity index (χ0) is 37.7. The van der Waals surface area contributed by atoms with Crippen LogP contribution in [-0.2, 0) is 15.6 Å². The van der Waals surface area contributed by atoms with Crippen LogP contribution in [0, 0.1) is 41.5 Å². The molecule has 0 saturated carbocycles. The summed E-state index contributed by atoms with van der Waals surface area (Å²) in [5, 5.41) is 0.796. The third kappa shape index (κ3) is 11.2. The topological polar surface area (TPSA) is 71.1 Å². The van der Waals surface area contributed by atoms with Crippen LogP contribution in [0.3, 0.4) is 0 Å². The van der Waals surface area contributed by atoms with Crippen LogP contribution < -0.4 is 18.9 Å². The molecule has 0 aromatic heterocycles. The number of hydrogen-bond acceptors (Lipinski definition) is 6. The van der Waals surface area contributed by atoms with Crippen LogP contribution >= 0.6 is 23.2 Å². The van der Waals surface area contributed by atoms with Gasteiger partial charge in [-0.05, 0) is 92.8 Å². The van der Waals surface area contributed by atoms with Gasteiger partial charge in [0.25, 0.3) is 0 Å². The lowest BCUT2D eigenvalue weighted by Gasteiger charge is -2.24. The van der Waals surface area contributed by atoms with E-state index in [4.69, 9.17) is 42.1 Å². The smallest absolute Gasteiger partial charge is 0.349 e. The van der Waals surface area contributed by atoms with Crippen LogP contribution in [-0.4, -0.2) is 25.7 Å². The van der Waals surface area contributed by atoms with E-state index in [1.54, 1.807) is 18.2 Å². The van der Waals surface area contributed by atoms with Crippen LogP contribution in [0.4, 0.5) is 0 Å². The molecule has 8 heteroatoms. The van der Waals surface area contributed by atoms with Crippen molar-refractivity contribution in [1.29, 1.82) is 0 Å². The monoisotopic (exact) mass is 736 g/mol. The van der Waals surface area contributed by atoms with E-state index in [9.17, 15) is 9.59 Å². The lowest BCUT2D eigenvalue weighted by Crippen LogP contribution is -2.21. The average molecular weight is 738 g/mol. The van der Waals surface area contributed by atoms with Gasteiger partial charge in [-0.2, -0.15) is 0 Å². The molecule has 4 aromatic carbocycles. The number of methoxy groups -OCH3 is 1. The molecule has 0 aliphatic heterocycles. The summed E-state index contributed by atoms with van der Waals surface area (Å²) in [6, 6.07) is 17.1. The Hall–Kier alpha value is -4.00. The molecule has 276 valence electrons. The van der Waals surface area contributed by atoms with Crippen LogP contribution in [0.25, 0.3) is 0 Å². The van der Waals surface area contributed by atoms with Gasteiger partial charge in [0.2, 0.25) is 0 Å². The molecule has 0 spiro atoms. The first-order valence-electron chi connectivity index (χ1n) is 16.5. The van der Waals surface area contributed by atoms with Gasteiger partial charge in [-0.3, -0.25) is 0 Å². The number of carbonyl (C=O) groups is 2. The van der Waals surface area contributed by atoms with Gasteiger partial charge in [0.05, 0.1) is 17.2 Å². The van der Waals surface area contributed by atoms with Crippen molar-refractivity contribution in [2.75, 3.05) is 13.7 Å². The summed E-state index contributed by atoms with van der Waals surface area (Å²) in [6.45, 7) is 24.2. The summed E-state index contributed by atoms with van der Waals surface area (Å²) in [6.07, 6.45) is 0. The van der Waals surface area contributed by atoms with E-state index in [1.807, 2.05) is 65.8 Å². The lowest BCUT2D eigenvalue weighted by atomic mass is 9.84. The van der Waals surface area contributed by atoms with Crippen molar-refractivity contribution in [3.05, 3.63) is 115 Å². The van der Waals surface area contributed by atoms with Gasteiger partial charge in [0.15, 0.2) is 6.61 Å². The highest BCUT2D eigenvalue weighted by molar-refractivity contribution is 6.34. The summed E-state index contributed by atoms with van der Waals surface area (Å²) in [5.41, 5.74) is 7.95. The number of aryl methyl sites for hydroxylation is 6. The number of carbonyl (C=O) groups excluding carboxylic acids is 2. The molecule has 0 amide bonds. The SMILES string of the molecule is C.COc1c(C)ccc(Cl)c1C(=O)Oc1c(C)cc(C)cc1C(C)(C)C.Cc1ccc(OCC(=O)Oc2c(C)cc(C)cc2C(C)(C)C)c(Cl)c1. The van der Waals surface area contributed by atoms with Gasteiger partial charge in [-0.1, -0.05) is 120 Å². The van der Waals surface area contributed by atoms with Crippen molar-refractivity contribution in [3.63, 3.8) is 0 Å². The van der Waals surface area contributed by atoms with E-state index in [0.29, 0.717) is 33.0 Å². The van der Waals surface area contributed by atoms with E-state index in [-0.39, 0.29) is 30.4 Å². The van der Waals surface area contributed by atoms with Crippen molar-refractivity contribution in [1.82, 2.24) is 0 Å². The Labute approximate surface area is 315 Å². The average Bonchev–Trinajstić information content (AvgIpc) is 2.99. The second kappa shape index (κ2) is 17.5. The Kier molecular flexibility index (Phi) is 14.8. The Morgan fingerprint density at radius 1 is 0.608 bits per heavy atom. The van der Waals surface area contributed by atoms with Crippen LogP contribution in [0.1, 0.15) is 104 Å². The van der Waals surface area contributed by atoms with Gasteiger partial charge < -0.3 is 18.9 Å². The molecule has 4 aromatic rings. The maximum Gasteiger partial charge on any atom is 0.349 e. The molecule has 0 atom stereocenters. The van der Waals surface area contributed by atoms with Gasteiger partial charge in [-0.15, -0.1) is 0 Å². The molecule has 51 heavy (non-hydrogen) atoms. The first-order valence-corrected chi connectivity index (χ1v) is 17.3. The highest BCUT2D eigenvalue weighted by Gasteiger charge is 2.27. The van der Waals surface area contributed by atoms with Crippen molar-refractivity contribution in [2.24, 2.45) is 0 Å². The molecule has 0 saturated heterocycles. The number of benzene rings is 4. The normalized spacial score (nSPS) is 11.1. The largest absolute Gasteiger partial charge is 0.496 e. The number of esters is 2. The van der Waals surface area contributed by atoms with Crippen molar-refractivity contribution in [2.45, 2.75) is 101 Å². The maximum atomic E-state index is 12.9. The zero-order valence-electron chi connectivity index (χ0n) is 31.6. The fourth-order valence-electron chi connectivity index (χ4n) is 5.56. The molecule has 0 aliphatic rings. The Morgan fingerprint density at radius 3 is 1.59 bits per heavy atom. The third-order valence-corrected chi connectivity index (χ3v) is 8.62. The van der Waals surface area contributed by atoms with E-state index < -0.39 is 11.9 Å². The fourth-order valence-corrected chi connectivity index (χ4v) is 6.07. The number of rotatable bonds is 7. The summed E-state index contributed by atoms with van der Waals surface area (Å²) >= 11 is 12.4. The first kappa shape index (κ1) is 43.2. The third-order valence-electron chi connectivity index (χ3n) is 8.01. The summed E-state index contributed by atoms with van der Waals surface area (Å²) in [4.78, 5) is 25.2. The second-order valence-electron chi connectivity index (χ2n) is 14.8. The fraction of sp³-hybridized carbons (Fsp3) is 0.395. The van der Waals surface area contributed by atoms with E-state index in [2.05, 4.69) is 53.7 Å². The first-order chi connectivity index (χ1) is 23.1. The van der Waals surface area contributed by atoms with Crippen LogP contribution in [0.5, 0.6) is 23.0 Å². The van der Waals surface area contributed by atoms with Crippen molar-refractivity contribution in [3.8, 4) is 23.0 Å². The molecule has 0 unspecified atom stereocenters. The Balaban J connectivity index is 0.000000347. The predicted molar refractivity (Wildman–Crippen MR) is 211 cm³/mol. The second-order valence-corrected chi connectivity index (χ2v) is 15.6. The van der Waals surface area contributed by atoms with Crippen molar-refractivity contribution >= 4 is 35.1 Å². The summed E-state index contributed by atoms with van der Waals surface area (Å²) < 4.78 is 22.3. The number of ether oxygens (including phenoxy) is 4. The molecule has 0 heterocycles. The molecule has 6 nitrogen and oxygen atoms in total. The minimum Gasteiger partial charge on any atom is -0.496 e. The minimum atomic E-state index is -0.511. The van der Waals surface area contributed by atoms with Gasteiger partial charge in [-0.25, -0.2) is 9.59 Å². The molecule has 4 rings (SSSR count). The molecule has 0 fully saturated rings. The van der Waals surface area contributed by atoms with Gasteiger partial charge >= 0.3 is 11.9 Å². The zero-order valence-corrected chi connectivity index (χ0v) is 33.1. The van der Waals surface area contributed by atoms with Crippen LogP contribution in [0.2, 0.25) is 10.0 Å². The highest BCUT2D eigenvalue weighted by Crippen LogP contribution is 2.38. The molecule has 0 N–H and O–H groups in total. The van der Waals surface area contributed by atoms with Crippen molar-refractivity contribution < 1.29 is 28.5 Å². The Morgan fingerprint density at radius 2 is 1.12 bits per heavy atom. The van der Waals surface area contributed by atoms with Crippen LogP contribution in [0.15, 0.2) is 54.6 Å². The molecule has 0 radical (unpaired) electrons. The summed E-state index contributed by atoms with van der Waals surface area (Å²) in [5.74, 6) is 1.15. The molecule has 0 aliphatic carbocycles. The predicted octanol–water partition coefficient (Wildman–Crippen LogP) is 12.0. The standard InChI is InChI=1S/2C21H25ClO3.CH4/c1-12-10-14(3)18(15(11-12)21(4,5)6)25-20(23)17-16(22)9-8-13(2)19(17)24-7;1-13-7-8-18(17(22)11-13)24-12-19(23)25-20-15(3)9-14(2)10-16(20)21(4,5)6;/h8-11H,1-7H3;7-11H,12H2,1-6H3;1H4. The summed E-state index contributed by atoms with van der Waals surface area (Å²) in [7, 11) is 1.52. The minimum absolute atomic E-state index is 0. The lowest BCUT2D eigenvalue weighted by molar-refractivity contribution is -0.136. The van der Waals surface area contributed by atoms with E-state index in [1.165, 1.54) is 7.11 Å². The molecule has 0 bridgehead atoms. The number of halogens is 2. The highest BCUT2D eigenvalue weighted by atomic mass is 35.5. The van der Waals surface area contributed by atoms with Gasteiger partial charge in [0.1, 0.15) is 28.6 Å².